The van der Waals surface area contributed by atoms with Crippen molar-refractivity contribution in [2.24, 2.45) is 0 Å². The Balaban J connectivity index is 1.43. The van der Waals surface area contributed by atoms with E-state index in [9.17, 15) is 9.65 Å². The molecule has 1 aromatic carbocycles. The lowest BCUT2D eigenvalue weighted by atomic mass is 10.1. The molecule has 2 aliphatic rings. The molecule has 0 unspecified atom stereocenters. The predicted molar refractivity (Wildman–Crippen MR) is 129 cm³/mol. The quantitative estimate of drug-likeness (QED) is 0.563. The van der Waals surface area contributed by atoms with Gasteiger partial charge in [-0.1, -0.05) is 11.6 Å². The Bertz CT molecular complexity index is 1220. The molecule has 0 atom stereocenters. The van der Waals surface area contributed by atoms with Gasteiger partial charge in [-0.15, -0.1) is 0 Å². The molecule has 0 amide bonds. The first kappa shape index (κ1) is 22.3. The van der Waals surface area contributed by atoms with Crippen LogP contribution in [0.3, 0.4) is 0 Å². The number of nitrogens with zero attached hydrogens (tertiary/aromatic N) is 7. The van der Waals surface area contributed by atoms with E-state index in [2.05, 4.69) is 25.8 Å². The molecular formula is C24H23ClFN7O. The number of nitriles is 1. The van der Waals surface area contributed by atoms with Crippen molar-refractivity contribution < 1.29 is 9.13 Å². The molecule has 0 spiro atoms. The number of ether oxygens (including phenoxy) is 1. The lowest BCUT2D eigenvalue weighted by Crippen LogP contribution is -2.47. The third-order valence-electron chi connectivity index (χ3n) is 6.02. The van der Waals surface area contributed by atoms with Gasteiger partial charge in [0.1, 0.15) is 23.5 Å². The molecule has 2 aliphatic heterocycles. The van der Waals surface area contributed by atoms with E-state index in [1.807, 2.05) is 6.07 Å². The summed E-state index contributed by atoms with van der Waals surface area (Å²) < 4.78 is 19.2. The van der Waals surface area contributed by atoms with E-state index < -0.39 is 5.82 Å². The van der Waals surface area contributed by atoms with Gasteiger partial charge in [0.2, 0.25) is 5.95 Å². The maximum atomic E-state index is 13.8. The lowest BCUT2D eigenvalue weighted by Gasteiger charge is -2.37. The van der Waals surface area contributed by atoms with Gasteiger partial charge in [0, 0.05) is 57.1 Å². The van der Waals surface area contributed by atoms with Crippen molar-refractivity contribution in [2.45, 2.75) is 0 Å². The normalized spacial score (nSPS) is 16.4. The second-order valence-electron chi connectivity index (χ2n) is 8.10. The van der Waals surface area contributed by atoms with Crippen LogP contribution in [0.2, 0.25) is 5.02 Å². The molecule has 5 rings (SSSR count). The highest BCUT2D eigenvalue weighted by molar-refractivity contribution is 6.31. The summed E-state index contributed by atoms with van der Waals surface area (Å²) in [5.74, 6) is 1.67. The Morgan fingerprint density at radius 3 is 2.44 bits per heavy atom. The fraction of sp³-hybridized carbons (Fsp3) is 0.333. The van der Waals surface area contributed by atoms with E-state index in [0.29, 0.717) is 75.5 Å². The minimum atomic E-state index is -0.463. The van der Waals surface area contributed by atoms with Crippen LogP contribution in [0.4, 0.5) is 22.0 Å². The first-order valence-electron chi connectivity index (χ1n) is 11.1. The van der Waals surface area contributed by atoms with Crippen LogP contribution in [0.25, 0.3) is 11.3 Å². The second-order valence-corrected chi connectivity index (χ2v) is 8.51. The lowest BCUT2D eigenvalue weighted by molar-refractivity contribution is 0.122. The van der Waals surface area contributed by atoms with Gasteiger partial charge >= 0.3 is 0 Å². The summed E-state index contributed by atoms with van der Waals surface area (Å²) in [6.45, 7) is 5.50. The molecule has 2 aromatic heterocycles. The van der Waals surface area contributed by atoms with Crippen LogP contribution in [-0.2, 0) is 4.74 Å². The molecule has 0 N–H and O–H groups in total. The van der Waals surface area contributed by atoms with Gasteiger partial charge < -0.3 is 19.4 Å². The maximum Gasteiger partial charge on any atom is 0.228 e. The molecule has 0 radical (unpaired) electrons. The predicted octanol–water partition coefficient (Wildman–Crippen LogP) is 3.37. The molecule has 174 valence electrons. The molecule has 0 aliphatic carbocycles. The zero-order chi connectivity index (χ0) is 23.5. The summed E-state index contributed by atoms with van der Waals surface area (Å²) in [4.78, 5) is 20.5. The van der Waals surface area contributed by atoms with Crippen LogP contribution in [0, 0.1) is 17.1 Å². The van der Waals surface area contributed by atoms with Crippen molar-refractivity contribution in [3.8, 4) is 17.3 Å². The van der Waals surface area contributed by atoms with E-state index in [1.54, 1.807) is 30.5 Å². The van der Waals surface area contributed by atoms with Gasteiger partial charge in [-0.3, -0.25) is 0 Å². The van der Waals surface area contributed by atoms with E-state index >= 15 is 0 Å². The number of pyridine rings is 1. The number of piperazine rings is 1. The zero-order valence-electron chi connectivity index (χ0n) is 18.5. The Hall–Kier alpha value is -3.48. The maximum absolute atomic E-state index is 13.8. The second kappa shape index (κ2) is 9.79. The summed E-state index contributed by atoms with van der Waals surface area (Å²) in [6.07, 6.45) is 1.71. The number of hydrogen-bond donors (Lipinski definition) is 0. The third kappa shape index (κ3) is 4.60. The Kier molecular flexibility index (Phi) is 6.43. The van der Waals surface area contributed by atoms with Crippen molar-refractivity contribution in [3.05, 3.63) is 59.0 Å². The minimum Gasteiger partial charge on any atom is -0.378 e. The first-order chi connectivity index (χ1) is 16.6. The molecule has 4 heterocycles. The highest BCUT2D eigenvalue weighted by Gasteiger charge is 2.24. The molecule has 0 bridgehead atoms. The number of halogens is 2. The monoisotopic (exact) mass is 479 g/mol. The summed E-state index contributed by atoms with van der Waals surface area (Å²) >= 11 is 6.05. The number of morpholine rings is 1. The fourth-order valence-corrected chi connectivity index (χ4v) is 4.36. The molecule has 2 saturated heterocycles. The number of hydrogen-bond acceptors (Lipinski definition) is 8. The van der Waals surface area contributed by atoms with Gasteiger partial charge in [-0.05, 0) is 30.3 Å². The van der Waals surface area contributed by atoms with Crippen molar-refractivity contribution in [3.63, 3.8) is 0 Å². The van der Waals surface area contributed by atoms with Crippen LogP contribution in [-0.4, -0.2) is 67.4 Å². The Morgan fingerprint density at radius 1 is 0.941 bits per heavy atom. The summed E-state index contributed by atoms with van der Waals surface area (Å²) in [5.41, 5.74) is 1.99. The van der Waals surface area contributed by atoms with E-state index in [0.717, 1.165) is 11.4 Å². The van der Waals surface area contributed by atoms with Crippen LogP contribution in [0.5, 0.6) is 0 Å². The molecule has 0 saturated carbocycles. The van der Waals surface area contributed by atoms with E-state index in [-0.39, 0.29) is 5.02 Å². The molecule has 2 fully saturated rings. The number of anilines is 3. The third-order valence-corrected chi connectivity index (χ3v) is 6.31. The standard InChI is InChI=1S/C24H23ClFN7O/c25-19-14-17(3-4-20(19)26)21-15-22(30-24(29-21)33-10-12-34-13-11-33)31-6-8-32(9-7-31)23-18(16-27)2-1-5-28-23/h1-5,14-15H,6-13H2. The molecule has 8 nitrogen and oxygen atoms in total. The molecule has 10 heteroatoms. The Labute approximate surface area is 202 Å². The van der Waals surface area contributed by atoms with Crippen LogP contribution in [0.15, 0.2) is 42.6 Å². The summed E-state index contributed by atoms with van der Waals surface area (Å²) in [7, 11) is 0. The van der Waals surface area contributed by atoms with Crippen molar-refractivity contribution in [1.82, 2.24) is 15.0 Å². The molecular weight excluding hydrogens is 457 g/mol. The van der Waals surface area contributed by atoms with Crippen LogP contribution < -0.4 is 14.7 Å². The highest BCUT2D eigenvalue weighted by atomic mass is 35.5. The SMILES string of the molecule is N#Cc1cccnc1N1CCN(c2cc(-c3ccc(F)c(Cl)c3)nc(N3CCOCC3)n2)CC1. The average molecular weight is 480 g/mol. The molecule has 34 heavy (non-hydrogen) atoms. The van der Waals surface area contributed by atoms with Gasteiger partial charge in [0.15, 0.2) is 0 Å². The van der Waals surface area contributed by atoms with Crippen molar-refractivity contribution >= 4 is 29.2 Å². The minimum absolute atomic E-state index is 0.0582. The van der Waals surface area contributed by atoms with Crippen molar-refractivity contribution in [2.75, 3.05) is 67.2 Å². The number of benzene rings is 1. The van der Waals surface area contributed by atoms with Gasteiger partial charge in [-0.2, -0.15) is 10.2 Å². The highest BCUT2D eigenvalue weighted by Crippen LogP contribution is 2.29. The van der Waals surface area contributed by atoms with Crippen LogP contribution in [0.1, 0.15) is 5.56 Å². The largest absolute Gasteiger partial charge is 0.378 e. The summed E-state index contributed by atoms with van der Waals surface area (Å²) in [5, 5.41) is 9.48. The Morgan fingerprint density at radius 2 is 1.71 bits per heavy atom. The summed E-state index contributed by atoms with van der Waals surface area (Å²) in [6, 6.07) is 12.3. The fourth-order valence-electron chi connectivity index (χ4n) is 4.18. The number of rotatable bonds is 4. The van der Waals surface area contributed by atoms with E-state index in [4.69, 9.17) is 26.3 Å². The first-order valence-corrected chi connectivity index (χ1v) is 11.5. The van der Waals surface area contributed by atoms with E-state index in [1.165, 1.54) is 6.07 Å². The van der Waals surface area contributed by atoms with Crippen LogP contribution >= 0.6 is 11.6 Å². The van der Waals surface area contributed by atoms with Crippen molar-refractivity contribution in [1.29, 1.82) is 5.26 Å². The molecule has 3 aromatic rings. The van der Waals surface area contributed by atoms with Gasteiger partial charge in [0.25, 0.3) is 0 Å². The smallest absolute Gasteiger partial charge is 0.228 e. The van der Waals surface area contributed by atoms with Gasteiger partial charge in [-0.25, -0.2) is 14.4 Å². The zero-order valence-corrected chi connectivity index (χ0v) is 19.2. The van der Waals surface area contributed by atoms with Gasteiger partial charge in [0.05, 0.1) is 29.5 Å². The average Bonchev–Trinajstić information content (AvgIpc) is 2.90. The number of aromatic nitrogens is 3. The topological polar surface area (TPSA) is 81.4 Å².